The summed E-state index contributed by atoms with van der Waals surface area (Å²) in [6, 6.07) is 4.25. The summed E-state index contributed by atoms with van der Waals surface area (Å²) >= 11 is 12.5. The maximum absolute atomic E-state index is 14.3. The van der Waals surface area contributed by atoms with Crippen molar-refractivity contribution >= 4 is 49.8 Å². The van der Waals surface area contributed by atoms with Gasteiger partial charge in [-0.3, -0.25) is 19.1 Å². The van der Waals surface area contributed by atoms with Crippen LogP contribution < -0.4 is 17.0 Å². The van der Waals surface area contributed by atoms with Crippen LogP contribution in [-0.2, 0) is 33.9 Å². The summed E-state index contributed by atoms with van der Waals surface area (Å²) in [5, 5.41) is -0.793. The fraction of sp³-hybridized carbons (Fsp3) is 0.423. The molecule has 2 aromatic carbocycles. The van der Waals surface area contributed by atoms with Crippen LogP contribution in [0.1, 0.15) is 30.0 Å². The van der Waals surface area contributed by atoms with Crippen molar-refractivity contribution < 1.29 is 26.4 Å². The molecule has 0 saturated carbocycles. The topological polar surface area (TPSA) is 139 Å². The molecule has 2 heterocycles. The van der Waals surface area contributed by atoms with E-state index in [1.807, 2.05) is 0 Å². The first kappa shape index (κ1) is 32.0. The number of nitrogens with two attached hydrogens (primary N) is 1. The summed E-state index contributed by atoms with van der Waals surface area (Å²) in [5.41, 5.74) is 1.61. The number of carbonyl (C=O) groups is 1. The van der Waals surface area contributed by atoms with Gasteiger partial charge in [0.25, 0.3) is 5.56 Å². The highest BCUT2D eigenvalue weighted by Gasteiger charge is 2.37. The van der Waals surface area contributed by atoms with Gasteiger partial charge in [-0.1, -0.05) is 30.1 Å². The lowest BCUT2D eigenvalue weighted by Crippen LogP contribution is -2.42. The molecule has 16 heteroatoms. The highest BCUT2D eigenvalue weighted by atomic mass is 35.5. The molecular formula is C26H28Cl2F3N5O5S. The number of carbonyl (C=O) groups excluding carboxylic acids is 1. The molecule has 0 bridgehead atoms. The second-order valence-electron chi connectivity index (χ2n) is 10.0. The molecule has 4 rings (SSSR count). The van der Waals surface area contributed by atoms with Crippen LogP contribution in [0.25, 0.3) is 10.9 Å². The number of nitrogens with zero attached hydrogens (tertiary/aromatic N) is 3. The fourth-order valence-electron chi connectivity index (χ4n) is 5.09. The van der Waals surface area contributed by atoms with Gasteiger partial charge in [0.05, 0.1) is 45.2 Å². The number of likely N-dealkylation sites (N-methyl/N-ethyl adjacent to an activating group) is 1. The van der Waals surface area contributed by atoms with Crippen LogP contribution in [0.5, 0.6) is 0 Å². The minimum atomic E-state index is -4.90. The van der Waals surface area contributed by atoms with Crippen molar-refractivity contribution in [3.05, 3.63) is 71.8 Å². The third kappa shape index (κ3) is 6.23. The zero-order valence-electron chi connectivity index (χ0n) is 22.6. The number of hydrogen-bond acceptors (Lipinski definition) is 7. The average molecular weight is 651 g/mol. The number of amides is 1. The lowest BCUT2D eigenvalue weighted by Gasteiger charge is -2.25. The standard InChI is InChI=1S/C26H28Cl2F3N5O5S/c1-3-42(40,41)20-5-4-15(27)8-14(20)11-36-24(38)17-9-19(26(29,30)31)18(22(28)23(17)33-25(36)39)13-35-7-6-16(12-35)34(2)21(37)10-32/h4-5,8-9,16H,3,6-7,10-13,32H2,1-2H3,(H,33,39)/t16-/m1/s1. The van der Waals surface area contributed by atoms with E-state index in [2.05, 4.69) is 4.98 Å². The molecule has 228 valence electrons. The highest BCUT2D eigenvalue weighted by Crippen LogP contribution is 2.39. The van der Waals surface area contributed by atoms with Crippen LogP contribution in [0.2, 0.25) is 10.0 Å². The molecule has 1 aromatic heterocycles. The van der Waals surface area contributed by atoms with Gasteiger partial charge in [-0.15, -0.1) is 0 Å². The smallest absolute Gasteiger partial charge is 0.340 e. The first-order valence-electron chi connectivity index (χ1n) is 12.8. The van der Waals surface area contributed by atoms with Gasteiger partial charge in [0.15, 0.2) is 9.84 Å². The van der Waals surface area contributed by atoms with Crippen molar-refractivity contribution in [1.82, 2.24) is 19.4 Å². The molecule has 3 aromatic rings. The summed E-state index contributed by atoms with van der Waals surface area (Å²) in [6.07, 6.45) is -4.39. The number of H-pyrrole nitrogens is 1. The van der Waals surface area contributed by atoms with Gasteiger partial charge in [0.1, 0.15) is 0 Å². The number of sulfone groups is 1. The lowest BCUT2D eigenvalue weighted by molar-refractivity contribution is -0.138. The summed E-state index contributed by atoms with van der Waals surface area (Å²) in [4.78, 5) is 43.9. The largest absolute Gasteiger partial charge is 0.416 e. The zero-order valence-corrected chi connectivity index (χ0v) is 24.9. The first-order valence-corrected chi connectivity index (χ1v) is 15.2. The summed E-state index contributed by atoms with van der Waals surface area (Å²) in [6.45, 7) is 1.05. The third-order valence-electron chi connectivity index (χ3n) is 7.44. The number of alkyl halides is 3. The SMILES string of the molecule is CCS(=O)(=O)c1ccc(Cl)cc1Cn1c(=O)[nH]c2c(Cl)c(CN3CC[C@@H](N(C)C(=O)CN)C3)c(C(F)(F)F)cc2c1=O. The van der Waals surface area contributed by atoms with E-state index in [9.17, 15) is 36.0 Å². The molecule has 42 heavy (non-hydrogen) atoms. The molecule has 3 N–H and O–H groups in total. The van der Waals surface area contributed by atoms with Crippen LogP contribution in [0.15, 0.2) is 38.8 Å². The van der Waals surface area contributed by atoms with Gasteiger partial charge in [-0.25, -0.2) is 13.2 Å². The maximum atomic E-state index is 14.3. The Kier molecular flexibility index (Phi) is 9.14. The molecule has 0 aliphatic carbocycles. The summed E-state index contributed by atoms with van der Waals surface area (Å²) in [7, 11) is -2.21. The summed E-state index contributed by atoms with van der Waals surface area (Å²) < 4.78 is 68.7. The van der Waals surface area contributed by atoms with E-state index < -0.39 is 49.8 Å². The van der Waals surface area contributed by atoms with Crippen LogP contribution in [-0.4, -0.2) is 72.2 Å². The number of aromatic amines is 1. The molecule has 1 saturated heterocycles. The predicted octanol–water partition coefficient (Wildman–Crippen LogP) is 2.85. The minimum Gasteiger partial charge on any atom is -0.340 e. The van der Waals surface area contributed by atoms with Crippen molar-refractivity contribution in [1.29, 1.82) is 0 Å². The van der Waals surface area contributed by atoms with Gasteiger partial charge < -0.3 is 15.6 Å². The molecule has 1 aliphatic heterocycles. The highest BCUT2D eigenvalue weighted by molar-refractivity contribution is 7.91. The van der Waals surface area contributed by atoms with E-state index in [1.54, 1.807) is 11.9 Å². The molecular weight excluding hydrogens is 622 g/mol. The average Bonchev–Trinajstić information content (AvgIpc) is 3.39. The Morgan fingerprint density at radius 3 is 2.50 bits per heavy atom. The van der Waals surface area contributed by atoms with Crippen LogP contribution >= 0.6 is 23.2 Å². The number of benzene rings is 2. The van der Waals surface area contributed by atoms with Gasteiger partial charge in [0, 0.05) is 37.7 Å². The fourth-order valence-corrected chi connectivity index (χ4v) is 6.70. The van der Waals surface area contributed by atoms with Crippen molar-refractivity contribution in [2.45, 2.75) is 43.5 Å². The van der Waals surface area contributed by atoms with E-state index in [4.69, 9.17) is 28.9 Å². The lowest BCUT2D eigenvalue weighted by atomic mass is 10.0. The van der Waals surface area contributed by atoms with Crippen molar-refractivity contribution in [2.24, 2.45) is 5.73 Å². The number of fused-ring (bicyclic) bond motifs is 1. The zero-order chi connectivity index (χ0) is 31.1. The van der Waals surface area contributed by atoms with Crippen LogP contribution in [0.3, 0.4) is 0 Å². The molecule has 0 spiro atoms. The minimum absolute atomic E-state index is 0.0248. The van der Waals surface area contributed by atoms with E-state index in [1.165, 1.54) is 30.0 Å². The monoisotopic (exact) mass is 649 g/mol. The van der Waals surface area contributed by atoms with Gasteiger partial charge >= 0.3 is 11.9 Å². The van der Waals surface area contributed by atoms with Gasteiger partial charge in [0.2, 0.25) is 5.91 Å². The quantitative estimate of drug-likeness (QED) is 0.383. The normalized spacial score (nSPS) is 16.3. The second kappa shape index (κ2) is 12.0. The molecule has 0 unspecified atom stereocenters. The van der Waals surface area contributed by atoms with Crippen molar-refractivity contribution in [3.63, 3.8) is 0 Å². The Balaban J connectivity index is 1.81. The van der Waals surface area contributed by atoms with E-state index in [0.717, 1.165) is 0 Å². The van der Waals surface area contributed by atoms with E-state index in [0.29, 0.717) is 23.6 Å². The number of halogens is 5. The molecule has 1 fully saturated rings. The maximum Gasteiger partial charge on any atom is 0.416 e. The Morgan fingerprint density at radius 1 is 1.19 bits per heavy atom. The van der Waals surface area contributed by atoms with Crippen LogP contribution in [0, 0.1) is 0 Å². The van der Waals surface area contributed by atoms with Gasteiger partial charge in [-0.05, 0) is 41.8 Å². The Labute approximate surface area is 248 Å². The number of likely N-dealkylation sites (tertiary alicyclic amines) is 1. The second-order valence-corrected chi connectivity index (χ2v) is 13.1. The number of nitrogens with one attached hydrogen (secondary N) is 1. The Morgan fingerprint density at radius 2 is 1.88 bits per heavy atom. The molecule has 1 aliphatic rings. The molecule has 10 nitrogen and oxygen atoms in total. The van der Waals surface area contributed by atoms with Crippen molar-refractivity contribution in [2.75, 3.05) is 32.4 Å². The molecule has 1 atom stereocenters. The predicted molar refractivity (Wildman–Crippen MR) is 153 cm³/mol. The van der Waals surface area contributed by atoms with E-state index in [-0.39, 0.29) is 63.9 Å². The Hall–Kier alpha value is -2.91. The number of aromatic nitrogens is 2. The number of rotatable bonds is 8. The third-order valence-corrected chi connectivity index (χ3v) is 9.92. The van der Waals surface area contributed by atoms with E-state index >= 15 is 0 Å². The molecule has 1 amide bonds. The summed E-state index contributed by atoms with van der Waals surface area (Å²) in [5.74, 6) is -0.567. The van der Waals surface area contributed by atoms with Crippen molar-refractivity contribution in [3.8, 4) is 0 Å². The first-order chi connectivity index (χ1) is 19.6. The Bertz CT molecular complexity index is 1780. The number of hydrogen-bond donors (Lipinski definition) is 2. The molecule has 0 radical (unpaired) electrons. The van der Waals surface area contributed by atoms with Gasteiger partial charge in [-0.2, -0.15) is 13.2 Å². The van der Waals surface area contributed by atoms with Crippen LogP contribution in [0.4, 0.5) is 13.2 Å².